The van der Waals surface area contributed by atoms with Crippen molar-refractivity contribution in [1.82, 2.24) is 5.32 Å². The summed E-state index contributed by atoms with van der Waals surface area (Å²) in [4.78, 5) is 3.16. The number of aryl methyl sites for hydroxylation is 3. The minimum atomic E-state index is 0.470. The molecule has 1 unspecified atom stereocenters. The molecule has 1 aromatic heterocycles. The summed E-state index contributed by atoms with van der Waals surface area (Å²) in [6.45, 7) is 5.44. The van der Waals surface area contributed by atoms with E-state index < -0.39 is 0 Å². The van der Waals surface area contributed by atoms with E-state index in [-0.39, 0.29) is 0 Å². The van der Waals surface area contributed by atoms with E-state index in [1.807, 2.05) is 11.3 Å². The standard InChI is InChI=1S/C19H25NS/c1-3-14-8-10-15(11-9-14)12-17(20-4-2)19-13-16-6-5-7-18(16)21-19/h8-11,13,17,20H,3-7,12H2,1-2H3. The SMILES string of the molecule is CCNC(Cc1ccc(CC)cc1)c1cc2c(s1)CCC2. The number of hydrogen-bond donors (Lipinski definition) is 1. The second kappa shape index (κ2) is 6.76. The Kier molecular flexibility index (Phi) is 4.77. The van der Waals surface area contributed by atoms with Gasteiger partial charge in [0.25, 0.3) is 0 Å². The van der Waals surface area contributed by atoms with Crippen LogP contribution in [0.4, 0.5) is 0 Å². The van der Waals surface area contributed by atoms with Crippen LogP contribution in [0.5, 0.6) is 0 Å². The van der Waals surface area contributed by atoms with Crippen molar-refractivity contribution in [2.24, 2.45) is 0 Å². The molecule has 2 heteroatoms. The smallest absolute Gasteiger partial charge is 0.0455 e. The Bertz CT molecular complexity index is 561. The fraction of sp³-hybridized carbons (Fsp3) is 0.474. The Balaban J connectivity index is 1.76. The van der Waals surface area contributed by atoms with Gasteiger partial charge in [-0.05, 0) is 61.4 Å². The minimum absolute atomic E-state index is 0.470. The predicted molar refractivity (Wildman–Crippen MR) is 92.3 cm³/mol. The quantitative estimate of drug-likeness (QED) is 0.816. The third-order valence-electron chi connectivity index (χ3n) is 4.43. The normalized spacial score (nSPS) is 15.1. The summed E-state index contributed by atoms with van der Waals surface area (Å²) in [6, 6.07) is 12.1. The highest BCUT2D eigenvalue weighted by Crippen LogP contribution is 2.34. The molecule has 0 spiro atoms. The average Bonchev–Trinajstić information content (AvgIpc) is 3.09. The zero-order valence-corrected chi connectivity index (χ0v) is 13.9. The van der Waals surface area contributed by atoms with Crippen molar-refractivity contribution >= 4 is 11.3 Å². The second-order valence-corrected chi connectivity index (χ2v) is 7.10. The van der Waals surface area contributed by atoms with Crippen LogP contribution in [-0.2, 0) is 25.7 Å². The van der Waals surface area contributed by atoms with E-state index >= 15 is 0 Å². The molecular formula is C19H25NS. The van der Waals surface area contributed by atoms with Crippen molar-refractivity contribution in [3.8, 4) is 0 Å². The van der Waals surface area contributed by atoms with Crippen LogP contribution in [0.1, 0.15) is 52.8 Å². The summed E-state index contributed by atoms with van der Waals surface area (Å²) in [7, 11) is 0. The lowest BCUT2D eigenvalue weighted by molar-refractivity contribution is 0.558. The number of benzene rings is 1. The maximum atomic E-state index is 3.68. The monoisotopic (exact) mass is 299 g/mol. The van der Waals surface area contributed by atoms with Gasteiger partial charge in [-0.1, -0.05) is 38.1 Å². The molecule has 1 atom stereocenters. The highest BCUT2D eigenvalue weighted by molar-refractivity contribution is 7.12. The van der Waals surface area contributed by atoms with Gasteiger partial charge in [-0.3, -0.25) is 0 Å². The Morgan fingerprint density at radius 2 is 1.86 bits per heavy atom. The van der Waals surface area contributed by atoms with Crippen molar-refractivity contribution in [3.63, 3.8) is 0 Å². The van der Waals surface area contributed by atoms with E-state index in [1.165, 1.54) is 35.3 Å². The Morgan fingerprint density at radius 3 is 2.52 bits per heavy atom. The largest absolute Gasteiger partial charge is 0.309 e. The first-order valence-electron chi connectivity index (χ1n) is 8.22. The van der Waals surface area contributed by atoms with Gasteiger partial charge in [0.15, 0.2) is 0 Å². The van der Waals surface area contributed by atoms with Crippen LogP contribution in [-0.4, -0.2) is 6.54 Å². The molecule has 1 aliphatic rings. The van der Waals surface area contributed by atoms with Gasteiger partial charge >= 0.3 is 0 Å². The van der Waals surface area contributed by atoms with Crippen LogP contribution in [0.2, 0.25) is 0 Å². The van der Waals surface area contributed by atoms with Gasteiger partial charge in [0.05, 0.1) is 0 Å². The van der Waals surface area contributed by atoms with E-state index in [9.17, 15) is 0 Å². The molecule has 112 valence electrons. The van der Waals surface area contributed by atoms with E-state index in [0.717, 1.165) is 19.4 Å². The average molecular weight is 299 g/mol. The topological polar surface area (TPSA) is 12.0 Å². The van der Waals surface area contributed by atoms with Crippen LogP contribution >= 0.6 is 11.3 Å². The summed E-state index contributed by atoms with van der Waals surface area (Å²) >= 11 is 2.03. The first kappa shape index (κ1) is 14.8. The summed E-state index contributed by atoms with van der Waals surface area (Å²) in [5, 5.41) is 3.68. The van der Waals surface area contributed by atoms with E-state index in [1.54, 1.807) is 10.4 Å². The third kappa shape index (κ3) is 3.38. The van der Waals surface area contributed by atoms with Crippen molar-refractivity contribution in [2.75, 3.05) is 6.54 Å². The molecular weight excluding hydrogens is 274 g/mol. The maximum absolute atomic E-state index is 3.68. The molecule has 1 aliphatic carbocycles. The molecule has 0 amide bonds. The van der Waals surface area contributed by atoms with E-state index in [4.69, 9.17) is 0 Å². The second-order valence-electron chi connectivity index (χ2n) is 5.94. The van der Waals surface area contributed by atoms with Crippen LogP contribution < -0.4 is 5.32 Å². The highest BCUT2D eigenvalue weighted by atomic mass is 32.1. The first-order chi connectivity index (χ1) is 10.3. The number of hydrogen-bond acceptors (Lipinski definition) is 2. The van der Waals surface area contributed by atoms with Gasteiger partial charge in [0, 0.05) is 15.8 Å². The number of rotatable bonds is 6. The fourth-order valence-electron chi connectivity index (χ4n) is 3.19. The molecule has 0 bridgehead atoms. The van der Waals surface area contributed by atoms with Gasteiger partial charge in [0.2, 0.25) is 0 Å². The molecule has 1 heterocycles. The number of nitrogens with one attached hydrogen (secondary N) is 1. The van der Waals surface area contributed by atoms with Gasteiger partial charge in [-0.15, -0.1) is 11.3 Å². The lowest BCUT2D eigenvalue weighted by Crippen LogP contribution is -2.22. The predicted octanol–water partition coefficient (Wildman–Crippen LogP) is 4.69. The molecule has 0 saturated carbocycles. The first-order valence-corrected chi connectivity index (χ1v) is 9.04. The molecule has 1 N–H and O–H groups in total. The summed E-state index contributed by atoms with van der Waals surface area (Å²) in [5.41, 5.74) is 4.47. The van der Waals surface area contributed by atoms with Crippen molar-refractivity contribution in [2.45, 2.75) is 52.0 Å². The third-order valence-corrected chi connectivity index (χ3v) is 5.78. The van der Waals surface area contributed by atoms with Crippen molar-refractivity contribution in [1.29, 1.82) is 0 Å². The van der Waals surface area contributed by atoms with Crippen molar-refractivity contribution in [3.05, 3.63) is 56.8 Å². The molecule has 21 heavy (non-hydrogen) atoms. The zero-order chi connectivity index (χ0) is 14.7. The lowest BCUT2D eigenvalue weighted by Gasteiger charge is -2.17. The number of fused-ring (bicyclic) bond motifs is 1. The maximum Gasteiger partial charge on any atom is 0.0455 e. The molecule has 2 aromatic rings. The van der Waals surface area contributed by atoms with Crippen LogP contribution in [0.15, 0.2) is 30.3 Å². The molecule has 0 aliphatic heterocycles. The van der Waals surface area contributed by atoms with Crippen molar-refractivity contribution < 1.29 is 0 Å². The Labute approximate surface area is 132 Å². The molecule has 0 fully saturated rings. The number of likely N-dealkylation sites (N-methyl/N-ethyl adjacent to an activating group) is 1. The molecule has 1 aromatic carbocycles. The van der Waals surface area contributed by atoms with Gasteiger partial charge < -0.3 is 5.32 Å². The Hall–Kier alpha value is -1.12. The zero-order valence-electron chi connectivity index (χ0n) is 13.1. The lowest BCUT2D eigenvalue weighted by atomic mass is 10.0. The van der Waals surface area contributed by atoms with Crippen LogP contribution in [0.3, 0.4) is 0 Å². The van der Waals surface area contributed by atoms with E-state index in [2.05, 4.69) is 49.5 Å². The van der Waals surface area contributed by atoms with Crippen LogP contribution in [0.25, 0.3) is 0 Å². The highest BCUT2D eigenvalue weighted by Gasteiger charge is 2.20. The molecule has 0 saturated heterocycles. The summed E-state index contributed by atoms with van der Waals surface area (Å²) < 4.78 is 0. The van der Waals surface area contributed by atoms with Gasteiger partial charge in [0.1, 0.15) is 0 Å². The Morgan fingerprint density at radius 1 is 1.10 bits per heavy atom. The summed E-state index contributed by atoms with van der Waals surface area (Å²) in [6.07, 6.45) is 6.15. The van der Waals surface area contributed by atoms with E-state index in [0.29, 0.717) is 6.04 Å². The molecule has 1 nitrogen and oxygen atoms in total. The van der Waals surface area contributed by atoms with Gasteiger partial charge in [-0.25, -0.2) is 0 Å². The fourth-order valence-corrected chi connectivity index (χ4v) is 4.52. The number of thiophene rings is 1. The minimum Gasteiger partial charge on any atom is -0.309 e. The molecule has 3 rings (SSSR count). The van der Waals surface area contributed by atoms with Crippen LogP contribution in [0, 0.1) is 0 Å². The molecule has 0 radical (unpaired) electrons. The summed E-state index contributed by atoms with van der Waals surface area (Å²) in [5.74, 6) is 0. The van der Waals surface area contributed by atoms with Gasteiger partial charge in [-0.2, -0.15) is 0 Å².